The zero-order chi connectivity index (χ0) is 9.97. The van der Waals surface area contributed by atoms with Crippen LogP contribution in [0.25, 0.3) is 0 Å². The average Bonchev–Trinajstić information content (AvgIpc) is 2.77. The van der Waals surface area contributed by atoms with Gasteiger partial charge in [0.05, 0.1) is 5.38 Å². The lowest BCUT2D eigenvalue weighted by molar-refractivity contribution is 0.459. The van der Waals surface area contributed by atoms with E-state index in [-0.39, 0.29) is 5.38 Å². The van der Waals surface area contributed by atoms with Gasteiger partial charge in [-0.25, -0.2) is 0 Å². The number of alkyl halides is 1. The first-order valence-electron chi connectivity index (χ1n) is 4.41. The van der Waals surface area contributed by atoms with Crippen LogP contribution in [0, 0.1) is 5.41 Å². The van der Waals surface area contributed by atoms with Gasteiger partial charge < -0.3 is 4.90 Å². The Hall–Kier alpha value is -0.190. The Morgan fingerprint density at radius 2 is 2.50 bits per heavy atom. The molecular formula is C9H11ClN2S2. The molecule has 2 heterocycles. The van der Waals surface area contributed by atoms with E-state index >= 15 is 0 Å². The Bertz CT molecular complexity index is 313. The molecule has 5 heteroatoms. The van der Waals surface area contributed by atoms with Crippen LogP contribution < -0.4 is 0 Å². The highest BCUT2D eigenvalue weighted by atomic mass is 35.5. The summed E-state index contributed by atoms with van der Waals surface area (Å²) in [4.78, 5) is 3.23. The maximum Gasteiger partial charge on any atom is 0.156 e. The van der Waals surface area contributed by atoms with Crippen molar-refractivity contribution in [3.05, 3.63) is 22.4 Å². The van der Waals surface area contributed by atoms with Crippen LogP contribution in [-0.4, -0.2) is 28.9 Å². The summed E-state index contributed by atoms with van der Waals surface area (Å²) < 4.78 is 0. The second-order valence-corrected chi connectivity index (χ2v) is 5.67. The van der Waals surface area contributed by atoms with Crippen molar-refractivity contribution >= 4 is 39.9 Å². The van der Waals surface area contributed by atoms with Crippen molar-refractivity contribution in [1.29, 1.82) is 5.41 Å². The molecule has 2 nitrogen and oxygen atoms in total. The number of nitrogens with zero attached hydrogens (tertiary/aromatic N) is 1. The number of thiophene rings is 1. The molecule has 0 aromatic carbocycles. The lowest BCUT2D eigenvalue weighted by atomic mass is 10.3. The zero-order valence-electron chi connectivity index (χ0n) is 7.57. The SMILES string of the molecule is N=C1SCCN1CC(Cl)c1cccs1. The van der Waals surface area contributed by atoms with Crippen LogP contribution in [0.1, 0.15) is 10.3 Å². The molecule has 0 amide bonds. The molecule has 76 valence electrons. The van der Waals surface area contributed by atoms with Crippen LogP contribution in [0.2, 0.25) is 0 Å². The highest BCUT2D eigenvalue weighted by molar-refractivity contribution is 8.14. The van der Waals surface area contributed by atoms with E-state index in [0.717, 1.165) is 18.8 Å². The molecular weight excluding hydrogens is 236 g/mol. The Balaban J connectivity index is 1.94. The molecule has 1 aromatic heterocycles. The highest BCUT2D eigenvalue weighted by Crippen LogP contribution is 2.28. The van der Waals surface area contributed by atoms with Crippen molar-refractivity contribution in [2.75, 3.05) is 18.8 Å². The van der Waals surface area contributed by atoms with Crippen molar-refractivity contribution in [2.24, 2.45) is 0 Å². The van der Waals surface area contributed by atoms with Crippen LogP contribution in [0.4, 0.5) is 0 Å². The minimum absolute atomic E-state index is 0.0223. The van der Waals surface area contributed by atoms with Gasteiger partial charge in [0.15, 0.2) is 5.17 Å². The van der Waals surface area contributed by atoms with Gasteiger partial charge in [0.1, 0.15) is 0 Å². The number of hydrogen-bond donors (Lipinski definition) is 1. The van der Waals surface area contributed by atoms with Gasteiger partial charge in [-0.2, -0.15) is 0 Å². The third-order valence-corrected chi connectivity index (χ3v) is 4.53. The first-order chi connectivity index (χ1) is 6.77. The average molecular weight is 247 g/mol. The van der Waals surface area contributed by atoms with Gasteiger partial charge in [-0.15, -0.1) is 22.9 Å². The molecule has 1 aliphatic rings. The van der Waals surface area contributed by atoms with Gasteiger partial charge in [-0.05, 0) is 11.4 Å². The molecule has 0 aliphatic carbocycles. The zero-order valence-corrected chi connectivity index (χ0v) is 9.96. The second kappa shape index (κ2) is 4.55. The summed E-state index contributed by atoms with van der Waals surface area (Å²) >= 11 is 9.53. The number of rotatable bonds is 3. The minimum Gasteiger partial charge on any atom is -0.349 e. The van der Waals surface area contributed by atoms with Crippen LogP contribution in [0.3, 0.4) is 0 Å². The predicted molar refractivity (Wildman–Crippen MR) is 64.7 cm³/mol. The lowest BCUT2D eigenvalue weighted by Gasteiger charge is -2.19. The molecule has 1 N–H and O–H groups in total. The molecule has 1 saturated heterocycles. The van der Waals surface area contributed by atoms with Crippen LogP contribution in [0.5, 0.6) is 0 Å². The molecule has 1 aliphatic heterocycles. The fourth-order valence-electron chi connectivity index (χ4n) is 1.37. The summed E-state index contributed by atoms with van der Waals surface area (Å²) in [6.45, 7) is 1.71. The van der Waals surface area contributed by atoms with E-state index in [2.05, 4.69) is 6.07 Å². The lowest BCUT2D eigenvalue weighted by Crippen LogP contribution is -2.27. The Labute approximate surface area is 96.8 Å². The van der Waals surface area contributed by atoms with Crippen molar-refractivity contribution in [3.63, 3.8) is 0 Å². The van der Waals surface area contributed by atoms with Crippen molar-refractivity contribution in [3.8, 4) is 0 Å². The predicted octanol–water partition coefficient (Wildman–Crippen LogP) is 3.01. The van der Waals surface area contributed by atoms with Gasteiger partial charge >= 0.3 is 0 Å². The standard InChI is InChI=1S/C9H11ClN2S2/c10-7(8-2-1-4-13-8)6-12-3-5-14-9(12)11/h1-2,4,7,11H,3,5-6H2. The van der Waals surface area contributed by atoms with E-state index in [1.54, 1.807) is 23.1 Å². The summed E-state index contributed by atoms with van der Waals surface area (Å²) in [7, 11) is 0. The van der Waals surface area contributed by atoms with E-state index in [1.807, 2.05) is 16.3 Å². The van der Waals surface area contributed by atoms with E-state index in [0.29, 0.717) is 5.17 Å². The number of thioether (sulfide) groups is 1. The van der Waals surface area contributed by atoms with Gasteiger partial charge in [0.2, 0.25) is 0 Å². The third kappa shape index (κ3) is 2.24. The summed E-state index contributed by atoms with van der Waals surface area (Å²) in [5.41, 5.74) is 0. The first-order valence-corrected chi connectivity index (χ1v) is 6.71. The minimum atomic E-state index is 0.0223. The molecule has 1 unspecified atom stereocenters. The first kappa shape index (κ1) is 10.3. The van der Waals surface area contributed by atoms with Crippen LogP contribution >= 0.6 is 34.7 Å². The molecule has 1 atom stereocenters. The van der Waals surface area contributed by atoms with E-state index in [1.165, 1.54) is 4.88 Å². The Morgan fingerprint density at radius 3 is 3.07 bits per heavy atom. The molecule has 0 bridgehead atoms. The van der Waals surface area contributed by atoms with E-state index in [9.17, 15) is 0 Å². The molecule has 14 heavy (non-hydrogen) atoms. The van der Waals surface area contributed by atoms with Gasteiger partial charge in [0.25, 0.3) is 0 Å². The highest BCUT2D eigenvalue weighted by Gasteiger charge is 2.21. The third-order valence-electron chi connectivity index (χ3n) is 2.12. The topological polar surface area (TPSA) is 27.1 Å². The molecule has 0 spiro atoms. The van der Waals surface area contributed by atoms with Crippen molar-refractivity contribution < 1.29 is 0 Å². The fourth-order valence-corrected chi connectivity index (χ4v) is 3.31. The largest absolute Gasteiger partial charge is 0.349 e. The fraction of sp³-hybridized carbons (Fsp3) is 0.444. The maximum absolute atomic E-state index is 7.66. The molecule has 1 aromatic rings. The molecule has 0 radical (unpaired) electrons. The maximum atomic E-state index is 7.66. The number of hydrogen-bond acceptors (Lipinski definition) is 3. The monoisotopic (exact) mass is 246 g/mol. The summed E-state index contributed by atoms with van der Waals surface area (Å²) in [5.74, 6) is 1.02. The van der Waals surface area contributed by atoms with Gasteiger partial charge in [-0.1, -0.05) is 17.8 Å². The normalized spacial score (nSPS) is 18.9. The van der Waals surface area contributed by atoms with Crippen molar-refractivity contribution in [1.82, 2.24) is 4.90 Å². The van der Waals surface area contributed by atoms with Gasteiger partial charge in [-0.3, -0.25) is 5.41 Å². The molecule has 0 saturated carbocycles. The Kier molecular flexibility index (Phi) is 3.36. The number of amidine groups is 1. The van der Waals surface area contributed by atoms with Crippen molar-refractivity contribution in [2.45, 2.75) is 5.38 Å². The van der Waals surface area contributed by atoms with E-state index in [4.69, 9.17) is 17.0 Å². The molecule has 1 fully saturated rings. The second-order valence-electron chi connectivity index (χ2n) is 3.08. The Morgan fingerprint density at radius 1 is 1.64 bits per heavy atom. The quantitative estimate of drug-likeness (QED) is 0.831. The van der Waals surface area contributed by atoms with E-state index < -0.39 is 0 Å². The smallest absolute Gasteiger partial charge is 0.156 e. The molecule has 2 rings (SSSR count). The summed E-state index contributed by atoms with van der Waals surface area (Å²) in [6.07, 6.45) is 0. The van der Waals surface area contributed by atoms with Crippen LogP contribution in [0.15, 0.2) is 17.5 Å². The number of nitrogens with one attached hydrogen (secondary N) is 1. The number of halogens is 1. The van der Waals surface area contributed by atoms with Crippen LogP contribution in [-0.2, 0) is 0 Å². The summed E-state index contributed by atoms with van der Waals surface area (Å²) in [5, 5.41) is 10.4. The summed E-state index contributed by atoms with van der Waals surface area (Å²) in [6, 6.07) is 4.06. The van der Waals surface area contributed by atoms with Gasteiger partial charge in [0, 0.05) is 23.7 Å².